The van der Waals surface area contributed by atoms with Crippen molar-refractivity contribution in [2.24, 2.45) is 0 Å². The Labute approximate surface area is 81.8 Å². The number of terminal acetylenes is 1. The first-order valence-electron chi connectivity index (χ1n) is 4.82. The van der Waals surface area contributed by atoms with Gasteiger partial charge in [0, 0.05) is 6.04 Å². The van der Waals surface area contributed by atoms with Gasteiger partial charge in [-0.1, -0.05) is 25.8 Å². The van der Waals surface area contributed by atoms with Crippen LogP contribution in [0.2, 0.25) is 0 Å². The van der Waals surface area contributed by atoms with E-state index in [9.17, 15) is 0 Å². The van der Waals surface area contributed by atoms with Gasteiger partial charge < -0.3 is 10.6 Å². The molecule has 0 amide bonds. The van der Waals surface area contributed by atoms with Gasteiger partial charge in [-0.25, -0.2) is 0 Å². The lowest BCUT2D eigenvalue weighted by Gasteiger charge is -2.05. The van der Waals surface area contributed by atoms with E-state index < -0.39 is 0 Å². The summed E-state index contributed by atoms with van der Waals surface area (Å²) in [7, 11) is 0. The molecule has 0 atom stereocenters. The molecule has 0 aromatic rings. The van der Waals surface area contributed by atoms with Crippen molar-refractivity contribution in [2.45, 2.75) is 32.7 Å². The second-order valence-electron chi connectivity index (χ2n) is 3.24. The molecule has 0 aromatic carbocycles. The smallest absolute Gasteiger partial charge is 0.0758 e. The quantitative estimate of drug-likeness (QED) is 0.458. The van der Waals surface area contributed by atoms with Gasteiger partial charge in [0.25, 0.3) is 0 Å². The maximum Gasteiger partial charge on any atom is 0.0758 e. The van der Waals surface area contributed by atoms with Crippen molar-refractivity contribution in [1.29, 1.82) is 0 Å². The third kappa shape index (κ3) is 11.1. The van der Waals surface area contributed by atoms with Gasteiger partial charge in [-0.15, -0.1) is 6.42 Å². The van der Waals surface area contributed by atoms with E-state index in [0.29, 0.717) is 12.6 Å². The van der Waals surface area contributed by atoms with Crippen LogP contribution in [0.1, 0.15) is 26.7 Å². The molecule has 0 saturated carbocycles. The van der Waals surface area contributed by atoms with E-state index in [1.807, 2.05) is 6.20 Å². The Hall–Kier alpha value is -0.940. The molecular formula is C11H20N2. The highest BCUT2D eigenvalue weighted by Gasteiger charge is 1.89. The maximum atomic E-state index is 5.07. The first-order chi connectivity index (χ1) is 6.27. The molecule has 0 spiro atoms. The maximum absolute atomic E-state index is 5.07. The first-order valence-corrected chi connectivity index (χ1v) is 4.82. The van der Waals surface area contributed by atoms with Crippen molar-refractivity contribution in [1.82, 2.24) is 10.6 Å². The van der Waals surface area contributed by atoms with E-state index in [2.05, 4.69) is 36.5 Å². The van der Waals surface area contributed by atoms with Crippen LogP contribution in [0.5, 0.6) is 0 Å². The number of rotatable bonds is 7. The Balaban J connectivity index is 3.07. The number of nitrogens with one attached hydrogen (secondary N) is 2. The van der Waals surface area contributed by atoms with Crippen LogP contribution < -0.4 is 10.6 Å². The highest BCUT2D eigenvalue weighted by atomic mass is 14.9. The molecule has 0 rings (SSSR count). The molecule has 0 fully saturated rings. The van der Waals surface area contributed by atoms with E-state index in [-0.39, 0.29) is 0 Å². The van der Waals surface area contributed by atoms with Gasteiger partial charge in [0.05, 0.1) is 6.54 Å². The summed E-state index contributed by atoms with van der Waals surface area (Å²) in [4.78, 5) is 0. The van der Waals surface area contributed by atoms with Crippen LogP contribution in [-0.2, 0) is 0 Å². The minimum absolute atomic E-state index is 0.587. The highest BCUT2D eigenvalue weighted by molar-refractivity contribution is 4.90. The van der Waals surface area contributed by atoms with Gasteiger partial charge >= 0.3 is 0 Å². The molecule has 0 aliphatic rings. The van der Waals surface area contributed by atoms with Gasteiger partial charge in [-0.05, 0) is 25.6 Å². The molecule has 0 heterocycles. The zero-order chi connectivity index (χ0) is 9.94. The van der Waals surface area contributed by atoms with Crippen molar-refractivity contribution < 1.29 is 0 Å². The molecular weight excluding hydrogens is 160 g/mol. The Morgan fingerprint density at radius 3 is 2.85 bits per heavy atom. The predicted molar refractivity (Wildman–Crippen MR) is 58.3 cm³/mol. The van der Waals surface area contributed by atoms with Crippen molar-refractivity contribution >= 4 is 0 Å². The van der Waals surface area contributed by atoms with Crippen molar-refractivity contribution in [3.63, 3.8) is 0 Å². The molecule has 0 unspecified atom stereocenters. The van der Waals surface area contributed by atoms with Gasteiger partial charge in [0.15, 0.2) is 0 Å². The Morgan fingerprint density at radius 2 is 2.23 bits per heavy atom. The Bertz CT molecular complexity index is 165. The zero-order valence-corrected chi connectivity index (χ0v) is 8.64. The summed E-state index contributed by atoms with van der Waals surface area (Å²) in [5, 5.41) is 6.36. The lowest BCUT2D eigenvalue weighted by molar-refractivity contribution is 0.573. The SMILES string of the molecule is C#CCN/C=C\CCCNC(C)C. The average Bonchev–Trinajstić information content (AvgIpc) is 2.09. The van der Waals surface area contributed by atoms with Crippen molar-refractivity contribution in [3.8, 4) is 12.3 Å². The third-order valence-electron chi connectivity index (χ3n) is 1.54. The summed E-state index contributed by atoms with van der Waals surface area (Å²) >= 11 is 0. The minimum Gasteiger partial charge on any atom is -0.380 e. The molecule has 74 valence electrons. The first kappa shape index (κ1) is 12.1. The zero-order valence-electron chi connectivity index (χ0n) is 8.64. The van der Waals surface area contributed by atoms with Crippen LogP contribution in [0, 0.1) is 12.3 Å². The van der Waals surface area contributed by atoms with E-state index in [4.69, 9.17) is 6.42 Å². The standard InChI is InChI=1S/C11H20N2/c1-4-8-12-9-6-5-7-10-13-11(2)3/h1,6,9,11-13H,5,7-8,10H2,2-3H3/b9-6-. The Kier molecular flexibility index (Phi) is 8.49. The molecule has 0 aromatic heterocycles. The number of hydrogen-bond donors (Lipinski definition) is 2. The molecule has 0 radical (unpaired) electrons. The van der Waals surface area contributed by atoms with Crippen LogP contribution in [0.4, 0.5) is 0 Å². The highest BCUT2D eigenvalue weighted by Crippen LogP contribution is 1.88. The van der Waals surface area contributed by atoms with E-state index in [1.54, 1.807) is 0 Å². The second kappa shape index (κ2) is 9.15. The molecule has 0 aliphatic heterocycles. The molecule has 2 heteroatoms. The van der Waals surface area contributed by atoms with Crippen LogP contribution in [0.25, 0.3) is 0 Å². The van der Waals surface area contributed by atoms with Crippen molar-refractivity contribution in [3.05, 3.63) is 12.3 Å². The van der Waals surface area contributed by atoms with E-state index in [1.165, 1.54) is 6.42 Å². The monoisotopic (exact) mass is 180 g/mol. The number of allylic oxidation sites excluding steroid dienone is 1. The molecule has 2 N–H and O–H groups in total. The normalized spacial score (nSPS) is 10.6. The predicted octanol–water partition coefficient (Wildman–Crippen LogP) is 1.50. The van der Waals surface area contributed by atoms with Gasteiger partial charge in [-0.3, -0.25) is 0 Å². The number of hydrogen-bond acceptors (Lipinski definition) is 2. The van der Waals surface area contributed by atoms with Crippen LogP contribution in [0.15, 0.2) is 12.3 Å². The van der Waals surface area contributed by atoms with E-state index in [0.717, 1.165) is 13.0 Å². The molecule has 0 bridgehead atoms. The summed E-state index contributed by atoms with van der Waals surface area (Å²) in [6.07, 6.45) is 11.4. The topological polar surface area (TPSA) is 24.1 Å². The van der Waals surface area contributed by atoms with E-state index >= 15 is 0 Å². The van der Waals surface area contributed by atoms with Gasteiger partial charge in [0.2, 0.25) is 0 Å². The molecule has 0 saturated heterocycles. The summed E-state index contributed by atoms with van der Waals surface area (Å²) < 4.78 is 0. The summed E-state index contributed by atoms with van der Waals surface area (Å²) in [5.74, 6) is 2.51. The lowest BCUT2D eigenvalue weighted by atomic mass is 10.3. The van der Waals surface area contributed by atoms with Gasteiger partial charge in [-0.2, -0.15) is 0 Å². The minimum atomic E-state index is 0.587. The van der Waals surface area contributed by atoms with Crippen LogP contribution in [0.3, 0.4) is 0 Å². The van der Waals surface area contributed by atoms with Crippen molar-refractivity contribution in [2.75, 3.05) is 13.1 Å². The molecule has 0 aliphatic carbocycles. The molecule has 2 nitrogen and oxygen atoms in total. The summed E-state index contributed by atoms with van der Waals surface area (Å²) in [5.41, 5.74) is 0. The van der Waals surface area contributed by atoms with Crippen LogP contribution >= 0.6 is 0 Å². The molecule has 13 heavy (non-hydrogen) atoms. The fourth-order valence-corrected chi connectivity index (χ4v) is 0.895. The average molecular weight is 180 g/mol. The number of unbranched alkanes of at least 4 members (excludes halogenated alkanes) is 1. The fourth-order valence-electron chi connectivity index (χ4n) is 0.895. The lowest BCUT2D eigenvalue weighted by Crippen LogP contribution is -2.23. The Morgan fingerprint density at radius 1 is 1.46 bits per heavy atom. The van der Waals surface area contributed by atoms with Gasteiger partial charge in [0.1, 0.15) is 0 Å². The summed E-state index contributed by atoms with van der Waals surface area (Å²) in [6.45, 7) is 6.01. The largest absolute Gasteiger partial charge is 0.380 e. The second-order valence-corrected chi connectivity index (χ2v) is 3.24. The summed E-state index contributed by atoms with van der Waals surface area (Å²) in [6, 6.07) is 0.587. The van der Waals surface area contributed by atoms with Crippen LogP contribution in [-0.4, -0.2) is 19.1 Å². The third-order valence-corrected chi connectivity index (χ3v) is 1.54. The fraction of sp³-hybridized carbons (Fsp3) is 0.636.